The molecule has 14 heteroatoms. The van der Waals surface area contributed by atoms with Gasteiger partial charge < -0.3 is 25.0 Å². The second-order valence-corrected chi connectivity index (χ2v) is 16.8. The molecule has 3 atom stereocenters. The van der Waals surface area contributed by atoms with Crippen molar-refractivity contribution in [3.05, 3.63) is 76.2 Å². The zero-order valence-electron chi connectivity index (χ0n) is 29.1. The van der Waals surface area contributed by atoms with Gasteiger partial charge in [-0.05, 0) is 54.3 Å². The van der Waals surface area contributed by atoms with E-state index in [1.54, 1.807) is 45.0 Å². The third-order valence-corrected chi connectivity index (χ3v) is 11.8. The van der Waals surface area contributed by atoms with Gasteiger partial charge in [0, 0.05) is 37.3 Å². The van der Waals surface area contributed by atoms with E-state index in [9.17, 15) is 23.1 Å². The Hall–Kier alpha value is -3.17. The minimum atomic E-state index is -3.99. The molecule has 1 aliphatic rings. The molecule has 1 aliphatic heterocycles. The van der Waals surface area contributed by atoms with Crippen molar-refractivity contribution < 1.29 is 27.9 Å². The second-order valence-electron chi connectivity index (χ2n) is 13.0. The lowest BCUT2D eigenvalue weighted by molar-refractivity contribution is -0.128. The number of benzene rings is 2. The maximum Gasteiger partial charge on any atom is 0.321 e. The Bertz CT molecular complexity index is 1620. The number of aliphatic hydroxyl groups excluding tert-OH is 1. The number of urea groups is 1. The lowest BCUT2D eigenvalue weighted by Gasteiger charge is -2.34. The molecule has 0 aliphatic carbocycles. The minimum absolute atomic E-state index is 0.0294. The first-order valence-corrected chi connectivity index (χ1v) is 20.2. The Morgan fingerprint density at radius 1 is 1.08 bits per heavy atom. The van der Waals surface area contributed by atoms with Gasteiger partial charge in [-0.3, -0.25) is 4.79 Å². The van der Waals surface area contributed by atoms with E-state index in [4.69, 9.17) is 4.74 Å². The fraction of sp³-hybridized carbons (Fsp3) is 0.514. The van der Waals surface area contributed by atoms with Gasteiger partial charge in [-0.2, -0.15) is 16.1 Å². The molecule has 11 nitrogen and oxygen atoms in total. The van der Waals surface area contributed by atoms with Gasteiger partial charge in [0.1, 0.15) is 16.8 Å². The van der Waals surface area contributed by atoms with Gasteiger partial charge in [0.15, 0.2) is 0 Å². The molecule has 1 fully saturated rings. The van der Waals surface area contributed by atoms with Crippen LogP contribution in [0.1, 0.15) is 44.0 Å². The van der Waals surface area contributed by atoms with Gasteiger partial charge >= 0.3 is 6.03 Å². The minimum Gasteiger partial charge on any atom is -0.497 e. The lowest BCUT2D eigenvalue weighted by atomic mass is 9.97. The van der Waals surface area contributed by atoms with Crippen LogP contribution in [0.15, 0.2) is 64.9 Å². The Kier molecular flexibility index (Phi) is 13.9. The molecule has 1 saturated heterocycles. The van der Waals surface area contributed by atoms with E-state index in [0.717, 1.165) is 22.0 Å². The van der Waals surface area contributed by atoms with Crippen molar-refractivity contribution in [2.45, 2.75) is 69.5 Å². The van der Waals surface area contributed by atoms with Crippen LogP contribution in [0.3, 0.4) is 0 Å². The Morgan fingerprint density at radius 3 is 2.39 bits per heavy atom. The Labute approximate surface area is 299 Å². The summed E-state index contributed by atoms with van der Waals surface area (Å²) in [5, 5.41) is 17.8. The molecular weight excluding hydrogens is 683 g/mol. The van der Waals surface area contributed by atoms with Gasteiger partial charge in [-0.1, -0.05) is 58.0 Å². The third kappa shape index (κ3) is 10.2. The van der Waals surface area contributed by atoms with Gasteiger partial charge in [0.05, 0.1) is 36.4 Å². The number of carbonyl (C=O) groups excluding carboxylic acids is 2. The zero-order valence-corrected chi connectivity index (χ0v) is 31.6. The fourth-order valence-electron chi connectivity index (χ4n) is 5.95. The maximum atomic E-state index is 14.1. The Morgan fingerprint density at radius 2 is 1.78 bits per heavy atom. The number of thiazole rings is 1. The summed E-state index contributed by atoms with van der Waals surface area (Å²) in [5.41, 5.74) is 1.70. The van der Waals surface area contributed by atoms with E-state index in [0.29, 0.717) is 25.4 Å². The van der Waals surface area contributed by atoms with Crippen molar-refractivity contribution in [2.24, 2.45) is 11.8 Å². The highest BCUT2D eigenvalue weighted by Crippen LogP contribution is 2.24. The molecule has 0 radical (unpaired) electrons. The van der Waals surface area contributed by atoms with Crippen LogP contribution < -0.4 is 10.1 Å². The number of rotatable bonds is 18. The van der Waals surface area contributed by atoms with Crippen LogP contribution >= 0.6 is 23.1 Å². The standard InChI is InChI=1S/C35H49N5O6S3/c1-24(2)19-39(49(44,45)29-14-12-28(46-5)13-15-29)21-31(41)30(18-26-10-8-7-9-11-26)37-34(42)33(25(3)4)40-17-16-38(35(40)43)20-27-22-48-32(36-27)23-47-6/h7-15,22,24-25,30-31,33,41H,16-21,23H2,1-6H3,(H,37,42)/t30-,31+,33-/m0/s1. The van der Waals surface area contributed by atoms with Crippen molar-refractivity contribution in [1.29, 1.82) is 0 Å². The number of aliphatic hydroxyl groups is 1. The number of ether oxygens (including phenoxy) is 1. The molecule has 49 heavy (non-hydrogen) atoms. The van der Waals surface area contributed by atoms with E-state index in [1.165, 1.54) is 23.5 Å². The molecule has 4 rings (SSSR count). The highest BCUT2D eigenvalue weighted by molar-refractivity contribution is 7.97. The highest BCUT2D eigenvalue weighted by atomic mass is 32.2. The fourth-order valence-corrected chi connectivity index (χ4v) is 9.08. The number of hydrogen-bond acceptors (Lipinski definition) is 9. The number of methoxy groups -OCH3 is 1. The number of nitrogens with one attached hydrogen (secondary N) is 1. The molecule has 2 N–H and O–H groups in total. The maximum absolute atomic E-state index is 14.1. The molecule has 0 saturated carbocycles. The van der Waals surface area contributed by atoms with Crippen molar-refractivity contribution in [3.8, 4) is 5.75 Å². The number of carbonyl (C=O) groups is 2. The molecule has 2 aromatic carbocycles. The number of thioether (sulfide) groups is 1. The number of hydrogen-bond donors (Lipinski definition) is 2. The van der Waals surface area contributed by atoms with E-state index < -0.39 is 34.1 Å². The summed E-state index contributed by atoms with van der Waals surface area (Å²) in [5.74, 6) is 0.702. The molecule has 0 unspecified atom stereocenters. The molecule has 2 heterocycles. The predicted molar refractivity (Wildman–Crippen MR) is 195 cm³/mol. The third-order valence-electron chi connectivity index (χ3n) is 8.33. The van der Waals surface area contributed by atoms with Crippen molar-refractivity contribution in [3.63, 3.8) is 0 Å². The molecule has 0 spiro atoms. The van der Waals surface area contributed by atoms with Gasteiger partial charge in [-0.15, -0.1) is 11.3 Å². The van der Waals surface area contributed by atoms with Gasteiger partial charge in [0.2, 0.25) is 15.9 Å². The predicted octanol–water partition coefficient (Wildman–Crippen LogP) is 4.71. The molecule has 1 aromatic heterocycles. The number of nitrogens with zero attached hydrogens (tertiary/aromatic N) is 4. The summed E-state index contributed by atoms with van der Waals surface area (Å²) in [6, 6.07) is 13.7. The van der Waals surface area contributed by atoms with Crippen LogP contribution in [-0.2, 0) is 33.5 Å². The monoisotopic (exact) mass is 731 g/mol. The zero-order chi connectivity index (χ0) is 35.7. The Balaban J connectivity index is 1.55. The summed E-state index contributed by atoms with van der Waals surface area (Å²) in [6.07, 6.45) is 1.03. The van der Waals surface area contributed by atoms with Crippen LogP contribution in [-0.4, -0.2) is 102 Å². The normalized spacial score (nSPS) is 15.7. The number of amides is 3. The van der Waals surface area contributed by atoms with Gasteiger partial charge in [-0.25, -0.2) is 18.2 Å². The van der Waals surface area contributed by atoms with E-state index in [2.05, 4.69) is 10.3 Å². The van der Waals surface area contributed by atoms with Crippen LogP contribution in [0, 0.1) is 11.8 Å². The van der Waals surface area contributed by atoms with Crippen molar-refractivity contribution >= 4 is 45.1 Å². The largest absolute Gasteiger partial charge is 0.497 e. The van der Waals surface area contributed by atoms with E-state index >= 15 is 0 Å². The van der Waals surface area contributed by atoms with Crippen LogP contribution in [0.25, 0.3) is 0 Å². The van der Waals surface area contributed by atoms with E-state index in [1.807, 2.05) is 69.7 Å². The first-order chi connectivity index (χ1) is 23.3. The molecule has 268 valence electrons. The summed E-state index contributed by atoms with van der Waals surface area (Å²) >= 11 is 3.27. The number of sulfonamides is 1. The van der Waals surface area contributed by atoms with E-state index in [-0.39, 0.29) is 42.3 Å². The second kappa shape index (κ2) is 17.7. The summed E-state index contributed by atoms with van der Waals surface area (Å²) < 4.78 is 34.2. The first kappa shape index (κ1) is 38.6. The average Bonchev–Trinajstić information content (AvgIpc) is 3.66. The molecule has 3 amide bonds. The SMILES string of the molecule is COc1ccc(S(=O)(=O)N(CC(C)C)C[C@@H](O)[C@H](Cc2ccccc2)NC(=O)[C@H](C(C)C)N2CCN(Cc3csc(CSC)n3)C2=O)cc1. The smallest absolute Gasteiger partial charge is 0.321 e. The number of aromatic nitrogens is 1. The molecular formula is C35H49N5O6S3. The summed E-state index contributed by atoms with van der Waals surface area (Å²) in [6.45, 7) is 8.75. The highest BCUT2D eigenvalue weighted by Gasteiger charge is 2.40. The average molecular weight is 732 g/mol. The molecule has 0 bridgehead atoms. The lowest BCUT2D eigenvalue weighted by Crippen LogP contribution is -2.57. The quantitative estimate of drug-likeness (QED) is 0.192. The van der Waals surface area contributed by atoms with Crippen molar-refractivity contribution in [1.82, 2.24) is 24.4 Å². The van der Waals surface area contributed by atoms with Crippen LogP contribution in [0.4, 0.5) is 4.79 Å². The summed E-state index contributed by atoms with van der Waals surface area (Å²) in [4.78, 5) is 35.8. The first-order valence-electron chi connectivity index (χ1n) is 16.5. The van der Waals surface area contributed by atoms with Crippen molar-refractivity contribution in [2.75, 3.05) is 39.5 Å². The van der Waals surface area contributed by atoms with Crippen LogP contribution in [0.5, 0.6) is 5.75 Å². The van der Waals surface area contributed by atoms with Gasteiger partial charge in [0.25, 0.3) is 0 Å². The molecule has 3 aromatic rings. The topological polar surface area (TPSA) is 132 Å². The summed E-state index contributed by atoms with van der Waals surface area (Å²) in [7, 11) is -2.48. The van der Waals surface area contributed by atoms with Crippen LogP contribution in [0.2, 0.25) is 0 Å².